The molecule has 0 unspecified atom stereocenters. The molecule has 3 aromatic rings. The van der Waals surface area contributed by atoms with Crippen LogP contribution in [0.4, 0.5) is 4.39 Å². The molecule has 0 amide bonds. The number of rotatable bonds is 7. The summed E-state index contributed by atoms with van der Waals surface area (Å²) in [6.07, 6.45) is 2.74. The summed E-state index contributed by atoms with van der Waals surface area (Å²) in [4.78, 5) is 18.4. The van der Waals surface area contributed by atoms with Crippen LogP contribution in [-0.2, 0) is 4.79 Å². The number of fused-ring (bicyclic) bond motifs is 1. The number of hydrogen-bond acceptors (Lipinski definition) is 5. The highest BCUT2D eigenvalue weighted by molar-refractivity contribution is 5.86. The van der Waals surface area contributed by atoms with Gasteiger partial charge in [0.1, 0.15) is 11.6 Å². The second-order valence-electron chi connectivity index (χ2n) is 8.92. The van der Waals surface area contributed by atoms with Crippen molar-refractivity contribution in [2.75, 3.05) is 26.7 Å². The largest absolute Gasteiger partial charge is 0.497 e. The maximum atomic E-state index is 13.3. The molecule has 37 heavy (non-hydrogen) atoms. The van der Waals surface area contributed by atoms with Gasteiger partial charge in [0, 0.05) is 23.7 Å². The third-order valence-corrected chi connectivity index (χ3v) is 6.67. The quantitative estimate of drug-likeness (QED) is 0.399. The van der Waals surface area contributed by atoms with E-state index in [0.717, 1.165) is 29.4 Å². The molecule has 1 aromatic heterocycles. The Morgan fingerprint density at radius 3 is 2.78 bits per heavy atom. The van der Waals surface area contributed by atoms with Crippen LogP contribution in [0.1, 0.15) is 36.5 Å². The van der Waals surface area contributed by atoms with E-state index < -0.39 is 18.0 Å². The number of piperidine rings is 1. The van der Waals surface area contributed by atoms with Crippen LogP contribution in [-0.4, -0.2) is 52.8 Å². The van der Waals surface area contributed by atoms with Crippen molar-refractivity contribution in [3.05, 3.63) is 71.7 Å². The summed E-state index contributed by atoms with van der Waals surface area (Å²) in [6.45, 7) is 1.57. The van der Waals surface area contributed by atoms with E-state index in [-0.39, 0.29) is 36.5 Å². The van der Waals surface area contributed by atoms with Gasteiger partial charge in [0.05, 0.1) is 31.2 Å². The van der Waals surface area contributed by atoms with Crippen LogP contribution >= 0.6 is 24.8 Å². The van der Waals surface area contributed by atoms with Crippen molar-refractivity contribution in [3.63, 3.8) is 0 Å². The Labute approximate surface area is 228 Å². The van der Waals surface area contributed by atoms with Crippen LogP contribution in [0.5, 0.6) is 5.75 Å². The Kier molecular flexibility index (Phi) is 11.6. The van der Waals surface area contributed by atoms with E-state index in [1.54, 1.807) is 31.5 Å². The molecule has 0 aliphatic carbocycles. The number of halogens is 3. The molecule has 2 N–H and O–H groups in total. The van der Waals surface area contributed by atoms with Crippen LogP contribution in [0, 0.1) is 29.5 Å². The highest BCUT2D eigenvalue weighted by Gasteiger charge is 2.34. The van der Waals surface area contributed by atoms with Gasteiger partial charge < -0.3 is 14.9 Å². The molecule has 3 atom stereocenters. The summed E-state index contributed by atoms with van der Waals surface area (Å²) in [5, 5.41) is 21.6. The Morgan fingerprint density at radius 1 is 1.24 bits per heavy atom. The molecule has 9 heteroatoms. The second-order valence-corrected chi connectivity index (χ2v) is 8.92. The van der Waals surface area contributed by atoms with E-state index in [2.05, 4.69) is 16.8 Å². The fourth-order valence-electron chi connectivity index (χ4n) is 4.75. The molecule has 0 spiro atoms. The maximum Gasteiger partial charge on any atom is 0.308 e. The number of hydrogen-bond donors (Lipinski definition) is 2. The number of carboxylic acids is 1. The predicted octanol–water partition coefficient (Wildman–Crippen LogP) is 5.11. The SMILES string of the molecule is COc1ccc2nccc([C@@H](O)CC[C@@H]3CCN(CC#Cc4cccc(F)c4)C[C@@H]3C(=O)O)c2c1.Cl.Cl. The second kappa shape index (κ2) is 14.2. The molecular formula is C28H31Cl2FN2O4. The highest BCUT2D eigenvalue weighted by atomic mass is 35.5. The van der Waals surface area contributed by atoms with Crippen molar-refractivity contribution in [2.24, 2.45) is 11.8 Å². The first-order valence-corrected chi connectivity index (χ1v) is 11.7. The molecule has 1 fully saturated rings. The number of aliphatic hydroxyl groups excluding tert-OH is 1. The van der Waals surface area contributed by atoms with Gasteiger partial charge in [0.15, 0.2) is 0 Å². The molecule has 2 aromatic carbocycles. The van der Waals surface area contributed by atoms with Crippen molar-refractivity contribution in [3.8, 4) is 17.6 Å². The molecule has 4 rings (SSSR count). The summed E-state index contributed by atoms with van der Waals surface area (Å²) in [5.41, 5.74) is 2.15. The summed E-state index contributed by atoms with van der Waals surface area (Å²) in [7, 11) is 1.60. The monoisotopic (exact) mass is 548 g/mol. The third-order valence-electron chi connectivity index (χ3n) is 6.67. The maximum absolute atomic E-state index is 13.3. The topological polar surface area (TPSA) is 82.9 Å². The molecule has 2 heterocycles. The molecule has 0 bridgehead atoms. The van der Waals surface area contributed by atoms with Gasteiger partial charge in [-0.2, -0.15) is 0 Å². The van der Waals surface area contributed by atoms with Gasteiger partial charge in [-0.1, -0.05) is 17.9 Å². The van der Waals surface area contributed by atoms with Gasteiger partial charge >= 0.3 is 5.97 Å². The molecule has 6 nitrogen and oxygen atoms in total. The van der Waals surface area contributed by atoms with Crippen molar-refractivity contribution in [2.45, 2.75) is 25.4 Å². The van der Waals surface area contributed by atoms with Gasteiger partial charge in [-0.05, 0) is 79.8 Å². The first-order valence-electron chi connectivity index (χ1n) is 11.7. The van der Waals surface area contributed by atoms with E-state index in [0.29, 0.717) is 37.2 Å². The lowest BCUT2D eigenvalue weighted by molar-refractivity contribution is -0.146. The lowest BCUT2D eigenvalue weighted by atomic mass is 9.81. The van der Waals surface area contributed by atoms with Gasteiger partial charge in [-0.25, -0.2) is 4.39 Å². The van der Waals surface area contributed by atoms with E-state index >= 15 is 0 Å². The zero-order valence-electron chi connectivity index (χ0n) is 20.5. The van der Waals surface area contributed by atoms with E-state index in [4.69, 9.17) is 4.74 Å². The number of aliphatic hydroxyl groups is 1. The normalized spacial score (nSPS) is 18.0. The van der Waals surface area contributed by atoms with E-state index in [1.165, 1.54) is 12.1 Å². The number of ether oxygens (including phenoxy) is 1. The van der Waals surface area contributed by atoms with E-state index in [9.17, 15) is 19.4 Å². The fourth-order valence-corrected chi connectivity index (χ4v) is 4.75. The van der Waals surface area contributed by atoms with Crippen LogP contribution in [0.3, 0.4) is 0 Å². The number of benzene rings is 2. The van der Waals surface area contributed by atoms with Crippen molar-refractivity contribution in [1.82, 2.24) is 9.88 Å². The summed E-state index contributed by atoms with van der Waals surface area (Å²) in [5.74, 6) is 4.95. The zero-order valence-corrected chi connectivity index (χ0v) is 22.1. The number of likely N-dealkylation sites (tertiary alicyclic amines) is 1. The van der Waals surface area contributed by atoms with Crippen LogP contribution in [0.25, 0.3) is 10.9 Å². The van der Waals surface area contributed by atoms with Crippen LogP contribution in [0.15, 0.2) is 54.7 Å². The molecule has 198 valence electrons. The van der Waals surface area contributed by atoms with Crippen molar-refractivity contribution in [1.29, 1.82) is 0 Å². The number of pyridine rings is 1. The minimum atomic E-state index is -0.827. The number of aliphatic carboxylic acids is 1. The van der Waals surface area contributed by atoms with Crippen LogP contribution in [0.2, 0.25) is 0 Å². The van der Waals surface area contributed by atoms with Gasteiger partial charge in [-0.15, -0.1) is 24.8 Å². The highest BCUT2D eigenvalue weighted by Crippen LogP contribution is 2.33. The Morgan fingerprint density at radius 2 is 2.05 bits per heavy atom. The molecule has 1 saturated heterocycles. The van der Waals surface area contributed by atoms with Crippen molar-refractivity contribution >= 4 is 41.7 Å². The smallest absolute Gasteiger partial charge is 0.308 e. The zero-order chi connectivity index (χ0) is 24.8. The Bertz CT molecular complexity index is 1260. The predicted molar refractivity (Wildman–Crippen MR) is 146 cm³/mol. The Hall–Kier alpha value is -2.89. The lowest BCUT2D eigenvalue weighted by Crippen LogP contribution is -2.44. The molecule has 1 aliphatic rings. The first-order chi connectivity index (χ1) is 16.9. The average Bonchev–Trinajstić information content (AvgIpc) is 2.87. The van der Waals surface area contributed by atoms with Gasteiger partial charge in [0.2, 0.25) is 0 Å². The number of methoxy groups -OCH3 is 1. The van der Waals surface area contributed by atoms with Gasteiger partial charge in [0.25, 0.3) is 0 Å². The molecular weight excluding hydrogens is 518 g/mol. The van der Waals surface area contributed by atoms with E-state index in [1.807, 2.05) is 23.1 Å². The van der Waals surface area contributed by atoms with Gasteiger partial charge in [-0.3, -0.25) is 14.7 Å². The number of nitrogens with zero attached hydrogens (tertiary/aromatic N) is 2. The third kappa shape index (κ3) is 7.80. The minimum absolute atomic E-state index is 0. The van der Waals surface area contributed by atoms with Crippen LogP contribution < -0.4 is 4.74 Å². The molecule has 1 aliphatic heterocycles. The molecule has 0 radical (unpaired) electrons. The first kappa shape index (κ1) is 30.3. The standard InChI is InChI=1S/C28H29FN2O4.2ClH/c1-35-22-8-9-26-24(17-22)23(11-13-30-26)27(32)10-7-20-12-15-31(18-25(20)28(33)34)14-3-5-19-4-2-6-21(29)16-19;;/h2,4,6,8-9,11,13,16-17,20,25,27,32H,7,10,12,14-15,18H2,1H3,(H,33,34);2*1H/t20-,25+,27+;;/m1../s1. The summed E-state index contributed by atoms with van der Waals surface area (Å²) >= 11 is 0. The minimum Gasteiger partial charge on any atom is -0.497 e. The molecule has 0 saturated carbocycles. The summed E-state index contributed by atoms with van der Waals surface area (Å²) in [6, 6.07) is 13.5. The Balaban J connectivity index is 0.00000241. The number of aromatic nitrogens is 1. The fraction of sp³-hybridized carbons (Fsp3) is 0.357. The summed E-state index contributed by atoms with van der Waals surface area (Å²) < 4.78 is 18.6. The lowest BCUT2D eigenvalue weighted by Gasteiger charge is -2.36. The number of carbonyl (C=O) groups is 1. The van der Waals surface area contributed by atoms with Crippen molar-refractivity contribution < 1.29 is 24.1 Å². The average molecular weight is 549 g/mol. The number of carboxylic acid groups (broad SMARTS) is 1.